The Morgan fingerprint density at radius 3 is 2.41 bits per heavy atom. The third kappa shape index (κ3) is 5.03. The second-order valence-electron chi connectivity index (χ2n) is 8.65. The Balaban J connectivity index is 1.32. The molecule has 0 fully saturated rings. The molecule has 3 aromatic carbocycles. The van der Waals surface area contributed by atoms with Crippen LogP contribution >= 0.6 is 15.9 Å². The number of furan rings is 1. The molecule has 5 rings (SSSR count). The average molecular weight is 559 g/mol. The largest absolute Gasteiger partial charge is 0.455 e. The molecular weight excluding hydrogens is 536 g/mol. The highest BCUT2D eigenvalue weighted by atomic mass is 79.9. The van der Waals surface area contributed by atoms with Crippen LogP contribution < -0.4 is 16.3 Å². The Hall–Kier alpha value is -4.24. The molecule has 1 aliphatic carbocycles. The third-order valence-corrected chi connectivity index (χ3v) is 6.78. The van der Waals surface area contributed by atoms with Gasteiger partial charge < -0.3 is 4.42 Å². The number of hydrogen-bond donors (Lipinski definition) is 3. The van der Waals surface area contributed by atoms with E-state index in [1.54, 1.807) is 37.3 Å². The van der Waals surface area contributed by atoms with E-state index < -0.39 is 11.8 Å². The van der Waals surface area contributed by atoms with E-state index in [1.165, 1.54) is 0 Å². The van der Waals surface area contributed by atoms with Crippen molar-refractivity contribution in [2.75, 3.05) is 0 Å². The van der Waals surface area contributed by atoms with Gasteiger partial charge in [-0.15, -0.1) is 0 Å². The minimum atomic E-state index is -0.573. The van der Waals surface area contributed by atoms with Crippen LogP contribution in [0.1, 0.15) is 61.0 Å². The fraction of sp³-hybridized carbons (Fsp3) is 0.143. The van der Waals surface area contributed by atoms with E-state index >= 15 is 0 Å². The lowest BCUT2D eigenvalue weighted by Gasteiger charge is -2.13. The number of hydrazine groups is 1. The van der Waals surface area contributed by atoms with Crippen LogP contribution in [0.25, 0.3) is 10.8 Å². The number of carbonyl (C=O) groups excluding carboxylic acids is 3. The lowest BCUT2D eigenvalue weighted by atomic mass is 9.93. The van der Waals surface area contributed by atoms with Crippen LogP contribution in [-0.4, -0.2) is 23.4 Å². The maximum Gasteiger partial charge on any atom is 0.305 e. The third-order valence-electron chi connectivity index (χ3n) is 6.25. The summed E-state index contributed by atoms with van der Waals surface area (Å²) in [6.45, 7) is 1.77. The van der Waals surface area contributed by atoms with Gasteiger partial charge in [0, 0.05) is 33.1 Å². The Morgan fingerprint density at radius 2 is 1.59 bits per heavy atom. The molecule has 1 heterocycles. The molecular formula is C28H23BrN4O4. The van der Waals surface area contributed by atoms with Gasteiger partial charge in [-0.1, -0.05) is 52.3 Å². The Kier molecular flexibility index (Phi) is 6.87. The maximum absolute atomic E-state index is 12.9. The molecule has 4 aromatic rings. The molecule has 9 heteroatoms. The molecule has 8 nitrogen and oxygen atoms in total. The Morgan fingerprint density at radius 1 is 0.865 bits per heavy atom. The lowest BCUT2D eigenvalue weighted by Crippen LogP contribution is -2.41. The van der Waals surface area contributed by atoms with Gasteiger partial charge in [-0.2, -0.15) is 5.10 Å². The van der Waals surface area contributed by atoms with Gasteiger partial charge in [-0.25, -0.2) is 5.43 Å². The molecule has 0 saturated heterocycles. The number of nitrogens with one attached hydrogen (secondary N) is 3. The van der Waals surface area contributed by atoms with Crippen molar-refractivity contribution in [3.05, 3.63) is 105 Å². The summed E-state index contributed by atoms with van der Waals surface area (Å²) in [7, 11) is 0. The molecule has 3 amide bonds. The summed E-state index contributed by atoms with van der Waals surface area (Å²) in [5.41, 5.74) is 10.4. The molecule has 3 N–H and O–H groups in total. The van der Waals surface area contributed by atoms with Crippen LogP contribution in [0.4, 0.5) is 0 Å². The minimum absolute atomic E-state index is 0.0936. The van der Waals surface area contributed by atoms with Crippen molar-refractivity contribution in [3.8, 4) is 0 Å². The summed E-state index contributed by atoms with van der Waals surface area (Å²) < 4.78 is 6.71. The number of fused-ring (bicyclic) bond motifs is 2. The van der Waals surface area contributed by atoms with E-state index in [0.717, 1.165) is 21.7 Å². The predicted octanol–water partition coefficient (Wildman–Crippen LogP) is 5.05. The first-order chi connectivity index (χ1) is 17.9. The predicted molar refractivity (Wildman–Crippen MR) is 143 cm³/mol. The number of aryl methyl sites for hydroxylation is 1. The van der Waals surface area contributed by atoms with Gasteiger partial charge in [0.05, 0.1) is 5.71 Å². The van der Waals surface area contributed by atoms with Gasteiger partial charge in [-0.3, -0.25) is 25.2 Å². The highest BCUT2D eigenvalue weighted by Crippen LogP contribution is 2.30. The molecule has 37 heavy (non-hydrogen) atoms. The molecule has 1 aromatic heterocycles. The van der Waals surface area contributed by atoms with Gasteiger partial charge in [0.15, 0.2) is 5.76 Å². The standard InChI is InChI=1S/C28H23BrN4O4/c1-16-24-22(30-32-27(35)21-9-4-7-17-6-2-3-8-20(17)21)10-5-11-23(24)37-25(16)28(36)33-31-26(34)18-12-14-19(29)15-13-18/h2-4,6-9,12-15H,5,10-11H2,1H3,(H,31,34)(H,32,35)(H,33,36)/b30-22+. The molecule has 0 bridgehead atoms. The topological polar surface area (TPSA) is 113 Å². The monoisotopic (exact) mass is 558 g/mol. The zero-order valence-corrected chi connectivity index (χ0v) is 21.5. The van der Waals surface area contributed by atoms with Gasteiger partial charge in [0.25, 0.3) is 11.8 Å². The summed E-state index contributed by atoms with van der Waals surface area (Å²) in [6, 6.07) is 20.0. The summed E-state index contributed by atoms with van der Waals surface area (Å²) in [6.07, 6.45) is 2.04. The van der Waals surface area contributed by atoms with Gasteiger partial charge in [0.1, 0.15) is 5.76 Å². The van der Waals surface area contributed by atoms with Crippen molar-refractivity contribution >= 4 is 50.1 Å². The number of carbonyl (C=O) groups is 3. The molecule has 0 radical (unpaired) electrons. The van der Waals surface area contributed by atoms with Crippen LogP contribution in [0.3, 0.4) is 0 Å². The van der Waals surface area contributed by atoms with Gasteiger partial charge >= 0.3 is 5.91 Å². The van der Waals surface area contributed by atoms with Crippen molar-refractivity contribution < 1.29 is 18.8 Å². The highest BCUT2D eigenvalue weighted by Gasteiger charge is 2.28. The van der Waals surface area contributed by atoms with Crippen LogP contribution in [0, 0.1) is 6.92 Å². The summed E-state index contributed by atoms with van der Waals surface area (Å²) >= 11 is 3.32. The zero-order valence-electron chi connectivity index (χ0n) is 19.9. The molecule has 1 aliphatic rings. The summed E-state index contributed by atoms with van der Waals surface area (Å²) in [4.78, 5) is 38.1. The smallest absolute Gasteiger partial charge is 0.305 e. The van der Waals surface area contributed by atoms with E-state index in [2.05, 4.69) is 37.3 Å². The summed E-state index contributed by atoms with van der Waals surface area (Å²) in [5.74, 6) is -0.613. The molecule has 0 atom stereocenters. The average Bonchev–Trinajstić information content (AvgIpc) is 3.27. The Labute approximate surface area is 221 Å². The van der Waals surface area contributed by atoms with Crippen molar-refractivity contribution in [3.63, 3.8) is 0 Å². The molecule has 0 spiro atoms. The highest BCUT2D eigenvalue weighted by molar-refractivity contribution is 9.10. The van der Waals surface area contributed by atoms with E-state index in [1.807, 2.05) is 36.4 Å². The number of hydrogen-bond acceptors (Lipinski definition) is 5. The van der Waals surface area contributed by atoms with Gasteiger partial charge in [-0.05, 0) is 60.9 Å². The molecule has 0 saturated carbocycles. The van der Waals surface area contributed by atoms with Crippen LogP contribution in [0.15, 0.2) is 80.7 Å². The number of benzene rings is 3. The normalized spacial score (nSPS) is 13.7. The lowest BCUT2D eigenvalue weighted by molar-refractivity contribution is 0.0829. The first-order valence-electron chi connectivity index (χ1n) is 11.8. The van der Waals surface area contributed by atoms with Crippen LogP contribution in [0.2, 0.25) is 0 Å². The van der Waals surface area contributed by atoms with Gasteiger partial charge in [0.2, 0.25) is 0 Å². The van der Waals surface area contributed by atoms with Crippen molar-refractivity contribution in [2.45, 2.75) is 26.2 Å². The number of amides is 3. The molecule has 186 valence electrons. The zero-order chi connectivity index (χ0) is 25.9. The second kappa shape index (κ2) is 10.4. The number of halogens is 1. The van der Waals surface area contributed by atoms with E-state index in [0.29, 0.717) is 46.6 Å². The second-order valence-corrected chi connectivity index (χ2v) is 9.56. The SMILES string of the molecule is Cc1c(C(=O)NNC(=O)c2ccc(Br)cc2)oc2c1/C(=N/NC(=O)c1cccc3ccccc13)CCC2. The Bertz CT molecular complexity index is 1550. The first-order valence-corrected chi connectivity index (χ1v) is 12.5. The van der Waals surface area contributed by atoms with E-state index in [-0.39, 0.29) is 11.7 Å². The minimum Gasteiger partial charge on any atom is -0.455 e. The number of rotatable bonds is 4. The fourth-order valence-electron chi connectivity index (χ4n) is 4.44. The number of hydrazone groups is 1. The van der Waals surface area contributed by atoms with Crippen LogP contribution in [-0.2, 0) is 6.42 Å². The molecule has 0 aliphatic heterocycles. The fourth-order valence-corrected chi connectivity index (χ4v) is 4.71. The summed E-state index contributed by atoms with van der Waals surface area (Å²) in [5, 5.41) is 6.23. The van der Waals surface area contributed by atoms with E-state index in [4.69, 9.17) is 4.42 Å². The van der Waals surface area contributed by atoms with Crippen LogP contribution in [0.5, 0.6) is 0 Å². The number of nitrogens with zero attached hydrogens (tertiary/aromatic N) is 1. The van der Waals surface area contributed by atoms with Crippen molar-refractivity contribution in [1.29, 1.82) is 0 Å². The molecule has 0 unspecified atom stereocenters. The first kappa shape index (κ1) is 24.5. The van der Waals surface area contributed by atoms with Crippen molar-refractivity contribution in [1.82, 2.24) is 16.3 Å². The maximum atomic E-state index is 12.9. The quantitative estimate of drug-likeness (QED) is 0.304. The van der Waals surface area contributed by atoms with E-state index in [9.17, 15) is 14.4 Å². The van der Waals surface area contributed by atoms with Crippen molar-refractivity contribution in [2.24, 2.45) is 5.10 Å².